The first-order valence-corrected chi connectivity index (χ1v) is 28.2. The lowest BCUT2D eigenvalue weighted by Gasteiger charge is -2.19. The van der Waals surface area contributed by atoms with E-state index in [-0.39, 0.29) is 0 Å². The molecule has 0 saturated carbocycles. The zero-order valence-electron chi connectivity index (χ0n) is 44.9. The van der Waals surface area contributed by atoms with Crippen molar-refractivity contribution < 1.29 is 28.4 Å². The molecule has 0 bridgehead atoms. The average molecular weight is 959 g/mol. The molecule has 0 aromatic heterocycles. The van der Waals surface area contributed by atoms with Gasteiger partial charge in [-0.05, 0) is 85.0 Å². The van der Waals surface area contributed by atoms with E-state index in [9.17, 15) is 0 Å². The number of hydrogen-bond donors (Lipinski definition) is 0. The van der Waals surface area contributed by atoms with Crippen molar-refractivity contribution in [2.24, 2.45) is 0 Å². The normalized spacial score (nSPS) is 11.5. The molecule has 0 heterocycles. The maximum Gasteiger partial charge on any atom is 0.204 e. The molecule has 0 aliphatic heterocycles. The molecule has 6 heteroatoms. The van der Waals surface area contributed by atoms with Crippen molar-refractivity contribution in [1.29, 1.82) is 0 Å². The summed E-state index contributed by atoms with van der Waals surface area (Å²) in [4.78, 5) is 0. The van der Waals surface area contributed by atoms with Gasteiger partial charge in [-0.1, -0.05) is 230 Å². The summed E-state index contributed by atoms with van der Waals surface area (Å²) in [5.74, 6) is 4.63. The van der Waals surface area contributed by atoms with Gasteiger partial charge >= 0.3 is 0 Å². The van der Waals surface area contributed by atoms with Crippen molar-refractivity contribution in [2.45, 2.75) is 196 Å². The van der Waals surface area contributed by atoms with Crippen LogP contribution in [0.3, 0.4) is 0 Å². The van der Waals surface area contributed by atoms with Gasteiger partial charge in [-0.3, -0.25) is 0 Å². The Balaban J connectivity index is 1.54. The van der Waals surface area contributed by atoms with Crippen LogP contribution in [0.25, 0.3) is 35.4 Å². The van der Waals surface area contributed by atoms with E-state index in [2.05, 4.69) is 139 Å². The zero-order chi connectivity index (χ0) is 49.7. The molecule has 0 aliphatic carbocycles. The summed E-state index contributed by atoms with van der Waals surface area (Å²) in [6, 6.07) is 26.0. The number of rotatable bonds is 41. The quantitative estimate of drug-likeness (QED) is 0.0326. The summed E-state index contributed by atoms with van der Waals surface area (Å²) >= 11 is 0. The first-order chi connectivity index (χ1) is 34.6. The highest BCUT2D eigenvalue weighted by Gasteiger charge is 2.19. The van der Waals surface area contributed by atoms with Crippen molar-refractivity contribution in [3.63, 3.8) is 0 Å². The molecule has 0 amide bonds. The first-order valence-electron chi connectivity index (χ1n) is 28.2. The summed E-state index contributed by atoms with van der Waals surface area (Å²) in [5, 5.41) is 0. The maximum absolute atomic E-state index is 6.61. The summed E-state index contributed by atoms with van der Waals surface area (Å²) in [7, 11) is 0. The summed E-state index contributed by atoms with van der Waals surface area (Å²) in [5.41, 5.74) is 6.60. The molecule has 0 saturated heterocycles. The second-order valence-corrected chi connectivity index (χ2v) is 19.0. The molecule has 0 spiro atoms. The van der Waals surface area contributed by atoms with Gasteiger partial charge in [0.25, 0.3) is 0 Å². The Hall–Kier alpha value is -4.84. The smallest absolute Gasteiger partial charge is 0.204 e. The van der Waals surface area contributed by atoms with Gasteiger partial charge in [0.15, 0.2) is 23.0 Å². The summed E-state index contributed by atoms with van der Waals surface area (Å²) in [6.45, 7) is 17.4. The standard InChI is InChI=1S/C64H94O6/c1-7-13-19-25-47-65-59-45-43-57(61(67-49-27-21-15-9-3)63(59)69-51-29-23-17-11-5)41-35-53-31-37-55(38-32-53)56-39-33-54(34-40-56)36-42-58-44-46-60(66-48-26-20-14-8-2)64(70-52-30-24-18-12-6)62(58)68-50-28-22-16-10-4/h31-46H,7-30,47-52H2,1-6H3/b41-35+,42-36+. The Bertz CT molecular complexity index is 1850. The fourth-order valence-electron chi connectivity index (χ4n) is 8.36. The van der Waals surface area contributed by atoms with Crippen LogP contribution in [-0.2, 0) is 0 Å². The molecule has 386 valence electrons. The molecule has 4 aromatic rings. The van der Waals surface area contributed by atoms with Crippen LogP contribution in [0.1, 0.15) is 218 Å². The molecule has 4 aromatic carbocycles. The summed E-state index contributed by atoms with van der Waals surface area (Å²) in [6.07, 6.45) is 36.3. The minimum atomic E-state index is 0.651. The van der Waals surface area contributed by atoms with E-state index in [1.165, 1.54) is 101 Å². The Morgan fingerprint density at radius 3 is 0.814 bits per heavy atom. The highest BCUT2D eigenvalue weighted by Crippen LogP contribution is 2.43. The Morgan fingerprint density at radius 1 is 0.257 bits per heavy atom. The molecule has 0 radical (unpaired) electrons. The highest BCUT2D eigenvalue weighted by atomic mass is 16.5. The maximum atomic E-state index is 6.61. The van der Waals surface area contributed by atoms with E-state index in [1.54, 1.807) is 0 Å². The lowest BCUT2D eigenvalue weighted by atomic mass is 10.0. The predicted molar refractivity (Wildman–Crippen MR) is 300 cm³/mol. The molecule has 0 unspecified atom stereocenters. The largest absolute Gasteiger partial charge is 0.490 e. The van der Waals surface area contributed by atoms with Crippen LogP contribution < -0.4 is 28.4 Å². The number of hydrogen-bond acceptors (Lipinski definition) is 6. The monoisotopic (exact) mass is 959 g/mol. The molecular formula is C64H94O6. The third-order valence-electron chi connectivity index (χ3n) is 12.8. The van der Waals surface area contributed by atoms with E-state index >= 15 is 0 Å². The Kier molecular flexibility index (Phi) is 30.5. The van der Waals surface area contributed by atoms with E-state index in [4.69, 9.17) is 28.4 Å². The van der Waals surface area contributed by atoms with E-state index < -0.39 is 0 Å². The second kappa shape index (κ2) is 37.0. The van der Waals surface area contributed by atoms with Gasteiger partial charge in [0.05, 0.1) is 39.6 Å². The second-order valence-electron chi connectivity index (χ2n) is 19.0. The van der Waals surface area contributed by atoms with Crippen molar-refractivity contribution in [3.8, 4) is 45.6 Å². The van der Waals surface area contributed by atoms with Gasteiger partial charge in [0.2, 0.25) is 11.5 Å². The van der Waals surface area contributed by atoms with Crippen molar-refractivity contribution in [2.75, 3.05) is 39.6 Å². The van der Waals surface area contributed by atoms with Gasteiger partial charge < -0.3 is 28.4 Å². The lowest BCUT2D eigenvalue weighted by molar-refractivity contribution is 0.234. The predicted octanol–water partition coefficient (Wildman–Crippen LogP) is 19.4. The highest BCUT2D eigenvalue weighted by molar-refractivity contribution is 5.78. The van der Waals surface area contributed by atoms with Gasteiger partial charge in [0, 0.05) is 11.1 Å². The molecule has 4 rings (SSSR count). The zero-order valence-corrected chi connectivity index (χ0v) is 44.9. The van der Waals surface area contributed by atoms with Crippen molar-refractivity contribution in [1.82, 2.24) is 0 Å². The van der Waals surface area contributed by atoms with Gasteiger partial charge in [0.1, 0.15) is 0 Å². The molecule has 0 atom stereocenters. The van der Waals surface area contributed by atoms with Crippen LogP contribution >= 0.6 is 0 Å². The Morgan fingerprint density at radius 2 is 0.529 bits per heavy atom. The van der Waals surface area contributed by atoms with Crippen molar-refractivity contribution >= 4 is 24.3 Å². The molecular weight excluding hydrogens is 865 g/mol. The molecule has 0 N–H and O–H groups in total. The fourth-order valence-corrected chi connectivity index (χ4v) is 8.36. The van der Waals surface area contributed by atoms with Crippen LogP contribution in [-0.4, -0.2) is 39.6 Å². The Labute approximate surface area is 427 Å². The van der Waals surface area contributed by atoms with Crippen LogP contribution in [0.5, 0.6) is 34.5 Å². The molecule has 6 nitrogen and oxygen atoms in total. The third kappa shape index (κ3) is 22.1. The van der Waals surface area contributed by atoms with E-state index in [0.717, 1.165) is 121 Å². The molecule has 0 fully saturated rings. The SMILES string of the molecule is CCCCCCOc1ccc(/C=C/c2ccc(-c3ccc(/C=C/c4ccc(OCCCCCC)c(OCCCCCC)c4OCCCCCC)cc3)cc2)c(OCCCCCC)c1OCCCCCC. The van der Waals surface area contributed by atoms with E-state index in [1.807, 2.05) is 0 Å². The van der Waals surface area contributed by atoms with Gasteiger partial charge in [-0.25, -0.2) is 0 Å². The number of unbranched alkanes of at least 4 members (excludes halogenated alkanes) is 18. The van der Waals surface area contributed by atoms with Crippen LogP contribution in [0.2, 0.25) is 0 Å². The average Bonchev–Trinajstić information content (AvgIpc) is 3.38. The molecule has 0 aliphatic rings. The van der Waals surface area contributed by atoms with Crippen molar-refractivity contribution in [3.05, 3.63) is 95.1 Å². The lowest BCUT2D eigenvalue weighted by Crippen LogP contribution is -2.07. The van der Waals surface area contributed by atoms with E-state index in [0.29, 0.717) is 39.6 Å². The van der Waals surface area contributed by atoms with Gasteiger partial charge in [-0.15, -0.1) is 0 Å². The third-order valence-corrected chi connectivity index (χ3v) is 12.8. The van der Waals surface area contributed by atoms with Crippen LogP contribution in [0, 0.1) is 0 Å². The van der Waals surface area contributed by atoms with Crippen LogP contribution in [0.4, 0.5) is 0 Å². The minimum Gasteiger partial charge on any atom is -0.490 e. The number of ether oxygens (including phenoxy) is 6. The topological polar surface area (TPSA) is 55.4 Å². The minimum absolute atomic E-state index is 0.651. The molecule has 70 heavy (non-hydrogen) atoms. The van der Waals surface area contributed by atoms with Gasteiger partial charge in [-0.2, -0.15) is 0 Å². The van der Waals surface area contributed by atoms with Crippen LogP contribution in [0.15, 0.2) is 72.8 Å². The summed E-state index contributed by atoms with van der Waals surface area (Å²) < 4.78 is 39.1. The fraction of sp³-hybridized carbons (Fsp3) is 0.562. The first kappa shape index (κ1) is 57.7. The number of benzene rings is 4.